The van der Waals surface area contributed by atoms with E-state index < -0.39 is 10.8 Å². The van der Waals surface area contributed by atoms with Gasteiger partial charge in [-0.15, -0.1) is 24.0 Å². The predicted octanol–water partition coefficient (Wildman–Crippen LogP) is 3.14. The molecular formula is C19H34IN3O3S. The van der Waals surface area contributed by atoms with Crippen LogP contribution in [0.3, 0.4) is 0 Å². The molecule has 0 fully saturated rings. The molecule has 1 aromatic rings. The third-order valence-electron chi connectivity index (χ3n) is 3.67. The molecule has 0 bridgehead atoms. The largest absolute Gasteiger partial charge is 0.497 e. The van der Waals surface area contributed by atoms with Crippen molar-refractivity contribution in [3.8, 4) is 11.5 Å². The van der Waals surface area contributed by atoms with Crippen LogP contribution < -0.4 is 14.8 Å². The molecule has 1 N–H and O–H groups in total. The number of nitrogens with one attached hydrogen (secondary N) is 1. The van der Waals surface area contributed by atoms with Gasteiger partial charge in [-0.25, -0.2) is 0 Å². The highest BCUT2D eigenvalue weighted by atomic mass is 127. The third-order valence-corrected chi connectivity index (χ3v) is 5.59. The average Bonchev–Trinajstić information content (AvgIpc) is 2.60. The van der Waals surface area contributed by atoms with Gasteiger partial charge in [0.05, 0.1) is 20.2 Å². The minimum absolute atomic E-state index is 0. The summed E-state index contributed by atoms with van der Waals surface area (Å²) in [5.74, 6) is 2.98. The summed E-state index contributed by atoms with van der Waals surface area (Å²) in [6.45, 7) is 10.6. The molecular weight excluding hydrogens is 477 g/mol. The molecule has 1 aromatic carbocycles. The Hall–Kier alpha value is -1.03. The number of methoxy groups -OCH3 is 1. The summed E-state index contributed by atoms with van der Waals surface area (Å²) in [6, 6.07) is 7.53. The standard InChI is InChI=1S/C19H33N3O3S.HI/c1-7-20-18(21-12-15-26(23)19(2,3)4)22(5)13-14-25-17-10-8-16(24-6)9-11-17;/h8-11H,7,12-15H2,1-6H3,(H,20,21);1H. The van der Waals surface area contributed by atoms with Gasteiger partial charge in [0, 0.05) is 34.9 Å². The number of guanidine groups is 1. The first-order valence-corrected chi connectivity index (χ1v) is 10.2. The molecule has 0 spiro atoms. The van der Waals surface area contributed by atoms with Gasteiger partial charge in [-0.3, -0.25) is 9.20 Å². The Labute approximate surface area is 183 Å². The van der Waals surface area contributed by atoms with Gasteiger partial charge < -0.3 is 19.7 Å². The molecule has 1 rings (SSSR count). The molecule has 0 amide bonds. The Kier molecular flexibility index (Phi) is 12.7. The minimum Gasteiger partial charge on any atom is -0.497 e. The van der Waals surface area contributed by atoms with E-state index in [0.29, 0.717) is 25.4 Å². The molecule has 0 aromatic heterocycles. The topological polar surface area (TPSA) is 63.2 Å². The molecule has 156 valence electrons. The van der Waals surface area contributed by atoms with Crippen molar-refractivity contribution in [2.75, 3.05) is 46.2 Å². The molecule has 0 radical (unpaired) electrons. The van der Waals surface area contributed by atoms with Crippen LogP contribution in [0.4, 0.5) is 0 Å². The average molecular weight is 511 g/mol. The second kappa shape index (κ2) is 13.2. The maximum Gasteiger partial charge on any atom is 0.193 e. The smallest absolute Gasteiger partial charge is 0.193 e. The molecule has 1 unspecified atom stereocenters. The third kappa shape index (κ3) is 10.2. The maximum atomic E-state index is 12.1. The lowest BCUT2D eigenvalue weighted by Crippen LogP contribution is -2.41. The van der Waals surface area contributed by atoms with Crippen LogP contribution in [0, 0.1) is 0 Å². The Morgan fingerprint density at radius 2 is 1.81 bits per heavy atom. The minimum atomic E-state index is -0.892. The fraction of sp³-hybridized carbons (Fsp3) is 0.632. The van der Waals surface area contributed by atoms with Crippen molar-refractivity contribution in [1.82, 2.24) is 10.2 Å². The van der Waals surface area contributed by atoms with Crippen molar-refractivity contribution in [3.63, 3.8) is 0 Å². The number of ether oxygens (including phenoxy) is 2. The molecule has 0 saturated heterocycles. The van der Waals surface area contributed by atoms with Gasteiger partial charge in [-0.1, -0.05) is 0 Å². The van der Waals surface area contributed by atoms with Crippen molar-refractivity contribution >= 4 is 40.7 Å². The lowest BCUT2D eigenvalue weighted by molar-refractivity contribution is 0.281. The van der Waals surface area contributed by atoms with Crippen molar-refractivity contribution in [2.45, 2.75) is 32.4 Å². The zero-order valence-corrected chi connectivity index (χ0v) is 20.4. The zero-order chi connectivity index (χ0) is 19.6. The van der Waals surface area contributed by atoms with Crippen LogP contribution in [-0.4, -0.2) is 66.0 Å². The van der Waals surface area contributed by atoms with E-state index in [4.69, 9.17) is 9.47 Å². The SMILES string of the molecule is CCNC(=NCCS(=O)C(C)(C)C)N(C)CCOc1ccc(OC)cc1.I. The van der Waals surface area contributed by atoms with Crippen LogP contribution in [-0.2, 0) is 10.8 Å². The van der Waals surface area contributed by atoms with Crippen molar-refractivity contribution in [2.24, 2.45) is 4.99 Å². The highest BCUT2D eigenvalue weighted by molar-refractivity contribution is 14.0. The highest BCUT2D eigenvalue weighted by Gasteiger charge is 2.18. The summed E-state index contributed by atoms with van der Waals surface area (Å²) in [5.41, 5.74) is 0. The quantitative estimate of drug-likeness (QED) is 0.314. The Morgan fingerprint density at radius 1 is 1.22 bits per heavy atom. The molecule has 0 aliphatic rings. The molecule has 8 heteroatoms. The van der Waals surface area contributed by atoms with E-state index in [-0.39, 0.29) is 28.7 Å². The van der Waals surface area contributed by atoms with E-state index in [1.807, 2.05) is 63.9 Å². The van der Waals surface area contributed by atoms with E-state index >= 15 is 0 Å². The molecule has 6 nitrogen and oxygen atoms in total. The fourth-order valence-corrected chi connectivity index (χ4v) is 2.96. The molecule has 1 atom stereocenters. The van der Waals surface area contributed by atoms with Crippen molar-refractivity contribution in [3.05, 3.63) is 24.3 Å². The van der Waals surface area contributed by atoms with Crippen LogP contribution in [0.1, 0.15) is 27.7 Å². The summed E-state index contributed by atoms with van der Waals surface area (Å²) in [5, 5.41) is 3.26. The first-order chi connectivity index (χ1) is 12.3. The zero-order valence-electron chi connectivity index (χ0n) is 17.3. The van der Waals surface area contributed by atoms with E-state index in [0.717, 1.165) is 24.0 Å². The van der Waals surface area contributed by atoms with Gasteiger partial charge in [0.1, 0.15) is 18.1 Å². The molecule has 0 saturated carbocycles. The van der Waals surface area contributed by atoms with E-state index in [1.165, 1.54) is 0 Å². The number of benzene rings is 1. The normalized spacial score (nSPS) is 12.7. The van der Waals surface area contributed by atoms with Gasteiger partial charge in [0.25, 0.3) is 0 Å². The number of hydrogen-bond donors (Lipinski definition) is 1. The lowest BCUT2D eigenvalue weighted by Gasteiger charge is -2.22. The highest BCUT2D eigenvalue weighted by Crippen LogP contribution is 2.16. The number of halogens is 1. The molecule has 0 heterocycles. The number of likely N-dealkylation sites (N-methyl/N-ethyl adjacent to an activating group) is 1. The Bertz CT molecular complexity index is 589. The first-order valence-electron chi connectivity index (χ1n) is 8.92. The van der Waals surface area contributed by atoms with Gasteiger partial charge in [-0.05, 0) is 52.0 Å². The number of aliphatic imine (C=N–C) groups is 1. The molecule has 0 aliphatic heterocycles. The first kappa shape index (κ1) is 26.0. The molecule has 0 aliphatic carbocycles. The predicted molar refractivity (Wildman–Crippen MR) is 125 cm³/mol. The summed E-state index contributed by atoms with van der Waals surface area (Å²) in [6.07, 6.45) is 0. The Balaban J connectivity index is 0.00000676. The van der Waals surface area contributed by atoms with Crippen molar-refractivity contribution in [1.29, 1.82) is 0 Å². The van der Waals surface area contributed by atoms with Gasteiger partial charge in [-0.2, -0.15) is 0 Å². The van der Waals surface area contributed by atoms with Crippen molar-refractivity contribution < 1.29 is 13.7 Å². The van der Waals surface area contributed by atoms with Crippen LogP contribution >= 0.6 is 24.0 Å². The van der Waals surface area contributed by atoms with Gasteiger partial charge in [0.2, 0.25) is 0 Å². The van der Waals surface area contributed by atoms with Gasteiger partial charge >= 0.3 is 0 Å². The van der Waals surface area contributed by atoms with E-state index in [9.17, 15) is 4.21 Å². The summed E-state index contributed by atoms with van der Waals surface area (Å²) in [7, 11) is 2.72. The summed E-state index contributed by atoms with van der Waals surface area (Å²) < 4.78 is 22.8. The van der Waals surface area contributed by atoms with Crippen LogP contribution in [0.5, 0.6) is 11.5 Å². The Morgan fingerprint density at radius 3 is 2.33 bits per heavy atom. The summed E-state index contributed by atoms with van der Waals surface area (Å²) in [4.78, 5) is 6.60. The lowest BCUT2D eigenvalue weighted by atomic mass is 10.3. The van der Waals surface area contributed by atoms with Gasteiger partial charge in [0.15, 0.2) is 5.96 Å². The fourth-order valence-electron chi connectivity index (χ4n) is 2.09. The maximum absolute atomic E-state index is 12.1. The molecule has 27 heavy (non-hydrogen) atoms. The van der Waals surface area contributed by atoms with E-state index in [2.05, 4.69) is 10.3 Å². The second-order valence-electron chi connectivity index (χ2n) is 6.84. The second-order valence-corrected chi connectivity index (χ2v) is 9.17. The summed E-state index contributed by atoms with van der Waals surface area (Å²) >= 11 is 0. The number of hydrogen-bond acceptors (Lipinski definition) is 4. The van der Waals surface area contributed by atoms with Crippen LogP contribution in [0.2, 0.25) is 0 Å². The van der Waals surface area contributed by atoms with Crippen LogP contribution in [0.25, 0.3) is 0 Å². The number of rotatable bonds is 9. The number of nitrogens with zero attached hydrogens (tertiary/aromatic N) is 2. The monoisotopic (exact) mass is 511 g/mol. The van der Waals surface area contributed by atoms with Crippen LogP contribution in [0.15, 0.2) is 29.3 Å². The van der Waals surface area contributed by atoms with E-state index in [1.54, 1.807) is 7.11 Å².